The maximum absolute atomic E-state index is 13.7. The molecule has 1 aliphatic rings. The molecule has 0 radical (unpaired) electrons. The Labute approximate surface area is 210 Å². The summed E-state index contributed by atoms with van der Waals surface area (Å²) in [6.45, 7) is 1.67. The van der Waals surface area contributed by atoms with E-state index in [0.717, 1.165) is 21.9 Å². The van der Waals surface area contributed by atoms with Crippen molar-refractivity contribution in [3.63, 3.8) is 0 Å². The molecule has 6 nitrogen and oxygen atoms in total. The fourth-order valence-electron chi connectivity index (χ4n) is 4.86. The largest absolute Gasteiger partial charge is 0.449 e. The first kappa shape index (κ1) is 22.4. The van der Waals surface area contributed by atoms with Gasteiger partial charge in [-0.15, -0.1) is 0 Å². The lowest BCUT2D eigenvalue weighted by molar-refractivity contribution is 0.0702. The summed E-state index contributed by atoms with van der Waals surface area (Å²) in [4.78, 5) is 12.9. The van der Waals surface area contributed by atoms with Gasteiger partial charge < -0.3 is 19.6 Å². The molecule has 1 unspecified atom stereocenters. The van der Waals surface area contributed by atoms with Crippen LogP contribution in [0, 0.1) is 24.1 Å². The van der Waals surface area contributed by atoms with Gasteiger partial charge in [0.25, 0.3) is 0 Å². The van der Waals surface area contributed by atoms with Gasteiger partial charge in [-0.1, -0.05) is 48.5 Å². The lowest BCUT2D eigenvalue weighted by atomic mass is 9.81. The number of nitrogens with two attached hydrogens (primary N) is 1. The van der Waals surface area contributed by atoms with E-state index in [4.69, 9.17) is 19.6 Å². The number of benzene rings is 4. The topological polar surface area (TPSA) is 98.5 Å². The molecular formula is C30H19FN2O4. The highest BCUT2D eigenvalue weighted by molar-refractivity contribution is 5.97. The van der Waals surface area contributed by atoms with E-state index in [1.807, 2.05) is 42.5 Å². The summed E-state index contributed by atoms with van der Waals surface area (Å²) in [6, 6.07) is 25.0. The molecule has 2 heterocycles. The Hall–Kier alpha value is -5.09. The van der Waals surface area contributed by atoms with Gasteiger partial charge in [0.05, 0.1) is 5.92 Å². The van der Waals surface area contributed by atoms with Crippen molar-refractivity contribution in [1.29, 1.82) is 5.26 Å². The van der Waals surface area contributed by atoms with Crippen LogP contribution in [0.25, 0.3) is 21.7 Å². The molecule has 4 aromatic carbocycles. The number of rotatable bonds is 3. The minimum atomic E-state index is -0.725. The van der Waals surface area contributed by atoms with Crippen molar-refractivity contribution in [3.8, 4) is 17.6 Å². The number of ether oxygens (including phenoxy) is 2. The zero-order valence-corrected chi connectivity index (χ0v) is 19.6. The van der Waals surface area contributed by atoms with Crippen molar-refractivity contribution in [2.75, 3.05) is 0 Å². The summed E-state index contributed by atoms with van der Waals surface area (Å²) in [5.74, 6) is -1.05. The predicted octanol–water partition coefficient (Wildman–Crippen LogP) is 6.47. The molecule has 7 heteroatoms. The Morgan fingerprint density at radius 2 is 1.81 bits per heavy atom. The summed E-state index contributed by atoms with van der Waals surface area (Å²) >= 11 is 0. The van der Waals surface area contributed by atoms with Crippen LogP contribution < -0.4 is 15.2 Å². The van der Waals surface area contributed by atoms with Gasteiger partial charge in [-0.05, 0) is 47.5 Å². The molecular weight excluding hydrogens is 471 g/mol. The molecule has 0 saturated heterocycles. The quantitative estimate of drug-likeness (QED) is 0.230. The molecule has 0 amide bonds. The number of nitriles is 1. The summed E-state index contributed by atoms with van der Waals surface area (Å²) in [5.41, 5.74) is 8.98. The van der Waals surface area contributed by atoms with Crippen molar-refractivity contribution in [1.82, 2.24) is 0 Å². The Morgan fingerprint density at radius 3 is 2.65 bits per heavy atom. The lowest BCUT2D eigenvalue weighted by Crippen LogP contribution is -2.21. The first-order valence-corrected chi connectivity index (χ1v) is 11.5. The molecule has 5 aromatic rings. The molecule has 0 fully saturated rings. The van der Waals surface area contributed by atoms with Gasteiger partial charge in [0.15, 0.2) is 0 Å². The van der Waals surface area contributed by atoms with Crippen LogP contribution in [0.4, 0.5) is 4.39 Å². The van der Waals surface area contributed by atoms with Crippen molar-refractivity contribution in [3.05, 3.63) is 119 Å². The van der Waals surface area contributed by atoms with E-state index in [9.17, 15) is 14.4 Å². The second-order valence-corrected chi connectivity index (χ2v) is 8.78. The molecule has 0 bridgehead atoms. The second kappa shape index (κ2) is 8.54. The molecule has 1 aromatic heterocycles. The van der Waals surface area contributed by atoms with Gasteiger partial charge in [0.1, 0.15) is 34.5 Å². The van der Waals surface area contributed by atoms with Crippen molar-refractivity contribution in [2.45, 2.75) is 12.8 Å². The molecule has 1 aliphatic heterocycles. The average Bonchev–Trinajstić information content (AvgIpc) is 3.23. The molecule has 0 saturated carbocycles. The van der Waals surface area contributed by atoms with E-state index >= 15 is 0 Å². The Morgan fingerprint density at radius 1 is 1.00 bits per heavy atom. The zero-order chi connectivity index (χ0) is 25.7. The number of hydrogen-bond donors (Lipinski definition) is 1. The number of halogens is 1. The second-order valence-electron chi connectivity index (χ2n) is 8.78. The Bertz CT molecular complexity index is 1810. The third kappa shape index (κ3) is 3.67. The van der Waals surface area contributed by atoms with Crippen LogP contribution >= 0.6 is 0 Å². The van der Waals surface area contributed by atoms with E-state index in [1.165, 1.54) is 18.2 Å². The van der Waals surface area contributed by atoms with Gasteiger partial charge in [-0.25, -0.2) is 9.18 Å². The molecule has 1 atom stereocenters. The average molecular weight is 490 g/mol. The number of aryl methyl sites for hydroxylation is 1. The maximum atomic E-state index is 13.7. The lowest BCUT2D eigenvalue weighted by Gasteiger charge is -2.27. The summed E-state index contributed by atoms with van der Waals surface area (Å²) < 4.78 is 30.6. The number of nitrogens with zero attached hydrogens (tertiary/aromatic N) is 1. The van der Waals surface area contributed by atoms with Crippen molar-refractivity contribution >= 4 is 27.7 Å². The zero-order valence-electron chi connectivity index (χ0n) is 19.6. The normalized spacial score (nSPS) is 14.8. The fraction of sp³-hybridized carbons (Fsp3) is 0.0667. The van der Waals surface area contributed by atoms with Crippen LogP contribution in [-0.4, -0.2) is 5.97 Å². The van der Waals surface area contributed by atoms with E-state index in [-0.39, 0.29) is 17.4 Å². The van der Waals surface area contributed by atoms with Gasteiger partial charge in [-0.3, -0.25) is 0 Å². The maximum Gasteiger partial charge on any atom is 0.379 e. The molecule has 0 aliphatic carbocycles. The first-order valence-electron chi connectivity index (χ1n) is 11.5. The van der Waals surface area contributed by atoms with Gasteiger partial charge in [-0.2, -0.15) is 5.26 Å². The summed E-state index contributed by atoms with van der Waals surface area (Å²) in [6.07, 6.45) is 0. The van der Waals surface area contributed by atoms with Crippen LogP contribution in [0.5, 0.6) is 11.5 Å². The van der Waals surface area contributed by atoms with Crippen LogP contribution in [0.1, 0.15) is 33.2 Å². The number of carbonyl (C=O) groups excluding carboxylic acids is 1. The summed E-state index contributed by atoms with van der Waals surface area (Å²) in [7, 11) is 0. The number of fused-ring (bicyclic) bond motifs is 3. The van der Waals surface area contributed by atoms with Gasteiger partial charge in [0, 0.05) is 22.6 Å². The SMILES string of the molecule is Cc1c(C(=O)Oc2ccc3c(c2)OC(N)=C(C#N)C3c2cccc3ccccc23)oc2ccc(F)cc12. The number of allylic oxidation sites excluding steroid dienone is 1. The Balaban J connectivity index is 1.39. The molecule has 0 spiro atoms. The smallest absolute Gasteiger partial charge is 0.379 e. The highest BCUT2D eigenvalue weighted by Gasteiger charge is 2.32. The highest BCUT2D eigenvalue weighted by atomic mass is 19.1. The monoisotopic (exact) mass is 490 g/mol. The standard InChI is InChI=1S/C30H19FN2O4/c1-16-23-13-18(31)9-12-25(23)36-28(16)30(34)35-19-10-11-22-26(14-19)37-29(33)24(15-32)27(22)21-8-4-6-17-5-2-3-7-20(17)21/h2-14,27H,33H2,1H3. The summed E-state index contributed by atoms with van der Waals surface area (Å²) in [5, 5.41) is 12.5. The predicted molar refractivity (Wildman–Crippen MR) is 136 cm³/mol. The van der Waals surface area contributed by atoms with Crippen LogP contribution in [0.15, 0.2) is 94.7 Å². The minimum Gasteiger partial charge on any atom is -0.449 e. The third-order valence-electron chi connectivity index (χ3n) is 6.62. The number of hydrogen-bond acceptors (Lipinski definition) is 6. The minimum absolute atomic E-state index is 0.00781. The van der Waals surface area contributed by atoms with Crippen LogP contribution in [-0.2, 0) is 0 Å². The van der Waals surface area contributed by atoms with Crippen LogP contribution in [0.2, 0.25) is 0 Å². The van der Waals surface area contributed by atoms with E-state index < -0.39 is 17.7 Å². The van der Waals surface area contributed by atoms with Gasteiger partial charge in [0.2, 0.25) is 11.6 Å². The molecule has 2 N–H and O–H groups in total. The Kier molecular flexibility index (Phi) is 5.16. The van der Waals surface area contributed by atoms with Gasteiger partial charge >= 0.3 is 5.97 Å². The fourth-order valence-corrected chi connectivity index (χ4v) is 4.86. The van der Waals surface area contributed by atoms with E-state index in [0.29, 0.717) is 27.9 Å². The molecule has 37 heavy (non-hydrogen) atoms. The molecule has 6 rings (SSSR count). The molecule has 180 valence electrons. The number of carbonyl (C=O) groups is 1. The van der Waals surface area contributed by atoms with Crippen molar-refractivity contribution in [2.24, 2.45) is 5.73 Å². The van der Waals surface area contributed by atoms with Crippen LogP contribution in [0.3, 0.4) is 0 Å². The third-order valence-corrected chi connectivity index (χ3v) is 6.62. The highest BCUT2D eigenvalue weighted by Crippen LogP contribution is 2.45. The van der Waals surface area contributed by atoms with E-state index in [2.05, 4.69) is 6.07 Å². The first-order chi connectivity index (χ1) is 17.9. The number of esters is 1. The van der Waals surface area contributed by atoms with E-state index in [1.54, 1.807) is 25.1 Å². The number of furan rings is 1. The van der Waals surface area contributed by atoms with Crippen molar-refractivity contribution < 1.29 is 23.1 Å².